The average molecular weight is 393 g/mol. The predicted octanol–water partition coefficient (Wildman–Crippen LogP) is 6.25. The highest BCUT2D eigenvalue weighted by molar-refractivity contribution is 6.08. The van der Waals surface area contributed by atoms with Gasteiger partial charge in [-0.15, -0.1) is 0 Å². The van der Waals surface area contributed by atoms with E-state index in [2.05, 4.69) is 77.7 Å². The molecule has 0 radical (unpaired) electrons. The topological polar surface area (TPSA) is 29.3 Å². The van der Waals surface area contributed by atoms with E-state index < -0.39 is 0 Å². The second-order valence-corrected chi connectivity index (χ2v) is 9.06. The van der Waals surface area contributed by atoms with E-state index in [-0.39, 0.29) is 6.04 Å². The summed E-state index contributed by atoms with van der Waals surface area (Å²) in [5, 5.41) is 5.36. The third kappa shape index (κ3) is 2.86. The molecule has 30 heavy (non-hydrogen) atoms. The fourth-order valence-electron chi connectivity index (χ4n) is 5.81. The van der Waals surface area contributed by atoms with Gasteiger partial charge in [-0.3, -0.25) is 4.90 Å². The highest BCUT2D eigenvalue weighted by atomic mass is 15.2. The maximum Gasteiger partial charge on any atom is 0.0254 e. The van der Waals surface area contributed by atoms with Crippen LogP contribution in [-0.4, -0.2) is 17.0 Å². The Kier molecular flexibility index (Phi) is 4.36. The number of hydrogen-bond acceptors (Lipinski definition) is 2. The van der Waals surface area contributed by atoms with Crippen LogP contribution >= 0.6 is 0 Å². The third-order valence-electron chi connectivity index (χ3n) is 7.28. The Hall–Kier alpha value is -2.68. The van der Waals surface area contributed by atoms with E-state index in [9.17, 15) is 0 Å². The summed E-state index contributed by atoms with van der Waals surface area (Å²) in [6.07, 6.45) is 4.93. The van der Waals surface area contributed by atoms with Crippen LogP contribution in [0.1, 0.15) is 36.8 Å². The zero-order chi connectivity index (χ0) is 20.1. The summed E-state index contributed by atoms with van der Waals surface area (Å²) in [5.74, 6) is 0. The molecule has 0 amide bonds. The van der Waals surface area contributed by atoms with Crippen molar-refractivity contribution in [2.24, 2.45) is 5.73 Å². The van der Waals surface area contributed by atoms with E-state index in [4.69, 9.17) is 5.73 Å². The first-order valence-corrected chi connectivity index (χ1v) is 11.3. The van der Waals surface area contributed by atoms with Crippen LogP contribution in [0, 0.1) is 0 Å². The molecule has 2 atom stereocenters. The average Bonchev–Trinajstić information content (AvgIpc) is 2.96. The Morgan fingerprint density at radius 1 is 0.633 bits per heavy atom. The maximum absolute atomic E-state index is 6.64. The highest BCUT2D eigenvalue weighted by Crippen LogP contribution is 2.43. The van der Waals surface area contributed by atoms with Crippen LogP contribution in [0.25, 0.3) is 32.7 Å². The summed E-state index contributed by atoms with van der Waals surface area (Å²) in [5.41, 5.74) is 12.4. The summed E-state index contributed by atoms with van der Waals surface area (Å²) in [4.78, 5) is 2.66. The van der Waals surface area contributed by atoms with Crippen molar-refractivity contribution < 1.29 is 0 Å². The van der Waals surface area contributed by atoms with Gasteiger partial charge in [0.05, 0.1) is 0 Å². The molecule has 0 unspecified atom stereocenters. The molecule has 1 saturated carbocycles. The molecule has 2 nitrogen and oxygen atoms in total. The second kappa shape index (κ2) is 7.23. The molecule has 0 aromatic heterocycles. The molecule has 0 spiro atoms. The quantitative estimate of drug-likeness (QED) is 0.415. The summed E-state index contributed by atoms with van der Waals surface area (Å²) in [7, 11) is 0. The fraction of sp³-hybridized carbons (Fsp3) is 0.286. The molecule has 0 saturated heterocycles. The Labute approximate surface area is 178 Å². The normalized spacial score (nSPS) is 21.9. The molecular formula is C28H28N2. The SMILES string of the molecule is N[C@H]1CCCC[C@@H]1N1Cc2ccc3ccccc3c2-c2c(ccc3ccccc23)C1. The molecule has 2 aliphatic rings. The van der Waals surface area contributed by atoms with Crippen LogP contribution in [-0.2, 0) is 13.1 Å². The first kappa shape index (κ1) is 18.1. The molecule has 1 fully saturated rings. The predicted molar refractivity (Wildman–Crippen MR) is 126 cm³/mol. The van der Waals surface area contributed by atoms with Crippen LogP contribution in [0.2, 0.25) is 0 Å². The number of fused-ring (bicyclic) bond motifs is 7. The van der Waals surface area contributed by atoms with E-state index in [0.717, 1.165) is 19.5 Å². The van der Waals surface area contributed by atoms with Gasteiger partial charge >= 0.3 is 0 Å². The number of benzene rings is 4. The van der Waals surface area contributed by atoms with Crippen LogP contribution in [0.4, 0.5) is 0 Å². The Morgan fingerprint density at radius 2 is 1.17 bits per heavy atom. The van der Waals surface area contributed by atoms with E-state index in [1.807, 2.05) is 0 Å². The molecule has 2 N–H and O–H groups in total. The van der Waals surface area contributed by atoms with Gasteiger partial charge in [0.25, 0.3) is 0 Å². The van der Waals surface area contributed by atoms with Gasteiger partial charge < -0.3 is 5.73 Å². The summed E-state index contributed by atoms with van der Waals surface area (Å²) >= 11 is 0. The fourth-order valence-corrected chi connectivity index (χ4v) is 5.81. The lowest BCUT2D eigenvalue weighted by Crippen LogP contribution is -2.48. The minimum Gasteiger partial charge on any atom is -0.326 e. The number of hydrogen-bond donors (Lipinski definition) is 1. The minimum atomic E-state index is 0.282. The van der Waals surface area contributed by atoms with E-state index >= 15 is 0 Å². The highest BCUT2D eigenvalue weighted by Gasteiger charge is 2.31. The Balaban J connectivity index is 1.64. The summed E-state index contributed by atoms with van der Waals surface area (Å²) < 4.78 is 0. The zero-order valence-electron chi connectivity index (χ0n) is 17.4. The molecular weight excluding hydrogens is 364 g/mol. The molecule has 1 heterocycles. The smallest absolute Gasteiger partial charge is 0.0254 e. The molecule has 150 valence electrons. The summed E-state index contributed by atoms with van der Waals surface area (Å²) in [6, 6.07) is 27.7. The van der Waals surface area contributed by atoms with Gasteiger partial charge in [0.1, 0.15) is 0 Å². The molecule has 1 aliphatic heterocycles. The van der Waals surface area contributed by atoms with Gasteiger partial charge in [-0.05, 0) is 56.6 Å². The van der Waals surface area contributed by atoms with Crippen molar-refractivity contribution in [3.63, 3.8) is 0 Å². The summed E-state index contributed by atoms with van der Waals surface area (Å²) in [6.45, 7) is 1.95. The lowest BCUT2D eigenvalue weighted by Gasteiger charge is -2.38. The van der Waals surface area contributed by atoms with Crippen LogP contribution in [0.15, 0.2) is 72.8 Å². The van der Waals surface area contributed by atoms with Crippen molar-refractivity contribution in [3.8, 4) is 11.1 Å². The monoisotopic (exact) mass is 392 g/mol. The van der Waals surface area contributed by atoms with Crippen molar-refractivity contribution >= 4 is 21.5 Å². The first-order valence-electron chi connectivity index (χ1n) is 11.3. The molecule has 4 aromatic carbocycles. The number of nitrogens with two attached hydrogens (primary N) is 1. The van der Waals surface area contributed by atoms with Crippen molar-refractivity contribution in [1.29, 1.82) is 0 Å². The lowest BCUT2D eigenvalue weighted by molar-refractivity contribution is 0.123. The largest absolute Gasteiger partial charge is 0.326 e. The van der Waals surface area contributed by atoms with Gasteiger partial charge in [-0.25, -0.2) is 0 Å². The molecule has 4 aromatic rings. The van der Waals surface area contributed by atoms with Gasteiger partial charge in [0.2, 0.25) is 0 Å². The molecule has 6 rings (SSSR count). The van der Waals surface area contributed by atoms with Gasteiger partial charge in [-0.2, -0.15) is 0 Å². The van der Waals surface area contributed by atoms with Gasteiger partial charge in [-0.1, -0.05) is 85.6 Å². The van der Waals surface area contributed by atoms with Crippen LogP contribution < -0.4 is 5.73 Å². The number of rotatable bonds is 1. The van der Waals surface area contributed by atoms with Gasteiger partial charge in [0, 0.05) is 25.2 Å². The standard InChI is InChI=1S/C28H28N2/c29-25-11-5-6-12-26(25)30-17-21-15-13-19-7-1-3-9-23(19)27(21)28-22(18-30)16-14-20-8-2-4-10-24(20)28/h1-4,7-10,13-16,25-26H,5-6,11-12,17-18,29H2/t25-,26-/m0/s1. The van der Waals surface area contributed by atoms with Gasteiger partial charge in [0.15, 0.2) is 0 Å². The molecule has 1 aliphatic carbocycles. The third-order valence-corrected chi connectivity index (χ3v) is 7.28. The second-order valence-electron chi connectivity index (χ2n) is 9.06. The van der Waals surface area contributed by atoms with E-state index in [0.29, 0.717) is 6.04 Å². The van der Waals surface area contributed by atoms with E-state index in [1.54, 1.807) is 0 Å². The first-order chi connectivity index (χ1) is 14.8. The minimum absolute atomic E-state index is 0.282. The molecule has 0 bridgehead atoms. The van der Waals surface area contributed by atoms with Crippen LogP contribution in [0.5, 0.6) is 0 Å². The van der Waals surface area contributed by atoms with Crippen molar-refractivity contribution in [3.05, 3.63) is 83.9 Å². The Bertz CT molecular complexity index is 1150. The van der Waals surface area contributed by atoms with Crippen molar-refractivity contribution in [2.75, 3.05) is 0 Å². The Morgan fingerprint density at radius 3 is 1.73 bits per heavy atom. The molecule has 2 heteroatoms. The lowest BCUT2D eigenvalue weighted by atomic mass is 9.88. The zero-order valence-corrected chi connectivity index (χ0v) is 17.4. The van der Waals surface area contributed by atoms with Crippen molar-refractivity contribution in [2.45, 2.75) is 50.9 Å². The van der Waals surface area contributed by atoms with E-state index in [1.165, 1.54) is 63.1 Å². The number of nitrogens with zero attached hydrogens (tertiary/aromatic N) is 1. The maximum atomic E-state index is 6.64. The van der Waals surface area contributed by atoms with Crippen LogP contribution in [0.3, 0.4) is 0 Å². The van der Waals surface area contributed by atoms with Crippen molar-refractivity contribution in [1.82, 2.24) is 4.90 Å².